The van der Waals surface area contributed by atoms with Crippen LogP contribution in [0.2, 0.25) is 5.02 Å². The number of carbonyl (C=O) groups is 1. The Hall–Kier alpha value is -2.61. The number of hydrogen-bond acceptors (Lipinski definition) is 5. The maximum atomic E-state index is 12.6. The third kappa shape index (κ3) is 2.69. The Morgan fingerprint density at radius 2 is 2.21 bits per heavy atom. The minimum Gasteiger partial charge on any atom is -0.454 e. The number of carbonyl (C=O) groups excluding carboxylic acids is 1. The van der Waals surface area contributed by atoms with Crippen LogP contribution in [0.1, 0.15) is 28.0 Å². The van der Waals surface area contributed by atoms with Gasteiger partial charge in [0.2, 0.25) is 0 Å². The molecule has 124 valence electrons. The van der Waals surface area contributed by atoms with E-state index in [0.29, 0.717) is 42.7 Å². The normalized spacial score (nSPS) is 14.0. The number of halogens is 1. The zero-order chi connectivity index (χ0) is 16.7. The average Bonchev–Trinajstić information content (AvgIpc) is 3.29. The Bertz CT molecular complexity index is 896. The van der Waals surface area contributed by atoms with Gasteiger partial charge in [-0.25, -0.2) is 0 Å². The number of furan rings is 1. The zero-order valence-corrected chi connectivity index (χ0v) is 13.8. The summed E-state index contributed by atoms with van der Waals surface area (Å²) < 4.78 is 9.35. The summed E-state index contributed by atoms with van der Waals surface area (Å²) in [5.74, 6) is 2.48. The minimum atomic E-state index is -0.147. The molecule has 0 spiro atoms. The lowest BCUT2D eigenvalue weighted by Crippen LogP contribution is -2.38. The molecule has 8 nitrogen and oxygen atoms in total. The van der Waals surface area contributed by atoms with Gasteiger partial charge < -0.3 is 13.9 Å². The second-order valence-electron chi connectivity index (χ2n) is 5.66. The largest absolute Gasteiger partial charge is 0.454 e. The fourth-order valence-corrected chi connectivity index (χ4v) is 2.95. The van der Waals surface area contributed by atoms with Gasteiger partial charge in [0.15, 0.2) is 11.6 Å². The van der Waals surface area contributed by atoms with Gasteiger partial charge in [0, 0.05) is 19.3 Å². The molecule has 1 aliphatic rings. The van der Waals surface area contributed by atoms with Crippen molar-refractivity contribution in [2.24, 2.45) is 0 Å². The van der Waals surface area contributed by atoms with Crippen molar-refractivity contribution in [1.82, 2.24) is 29.4 Å². The van der Waals surface area contributed by atoms with Gasteiger partial charge in [0.05, 0.1) is 24.3 Å². The van der Waals surface area contributed by atoms with Crippen molar-refractivity contribution in [3.05, 3.63) is 52.7 Å². The molecule has 4 heterocycles. The van der Waals surface area contributed by atoms with Crippen molar-refractivity contribution in [3.8, 4) is 0 Å². The highest BCUT2D eigenvalue weighted by Crippen LogP contribution is 2.17. The van der Waals surface area contributed by atoms with Crippen molar-refractivity contribution in [2.75, 3.05) is 6.54 Å². The molecule has 0 saturated heterocycles. The molecule has 3 aromatic rings. The van der Waals surface area contributed by atoms with Crippen LogP contribution in [0.25, 0.3) is 0 Å². The fourth-order valence-electron chi connectivity index (χ4n) is 2.79. The van der Waals surface area contributed by atoms with Crippen LogP contribution in [0, 0.1) is 6.92 Å². The summed E-state index contributed by atoms with van der Waals surface area (Å²) in [5.41, 5.74) is 0. The number of fused-ring (bicyclic) bond motifs is 1. The first-order valence-corrected chi connectivity index (χ1v) is 7.92. The first-order chi connectivity index (χ1) is 11.6. The average molecular weight is 347 g/mol. The van der Waals surface area contributed by atoms with E-state index in [9.17, 15) is 4.79 Å². The molecular formula is C15H15ClN6O2. The second-order valence-corrected chi connectivity index (χ2v) is 6.10. The summed E-state index contributed by atoms with van der Waals surface area (Å²) in [7, 11) is 0. The topological polar surface area (TPSA) is 82.0 Å². The van der Waals surface area contributed by atoms with Crippen LogP contribution in [0.15, 0.2) is 28.9 Å². The monoisotopic (exact) mass is 346 g/mol. The Kier molecular flexibility index (Phi) is 3.61. The van der Waals surface area contributed by atoms with Crippen LogP contribution in [-0.4, -0.2) is 41.9 Å². The molecule has 1 amide bonds. The van der Waals surface area contributed by atoms with Gasteiger partial charge in [-0.2, -0.15) is 5.10 Å². The summed E-state index contributed by atoms with van der Waals surface area (Å²) in [6.07, 6.45) is 3.26. The van der Waals surface area contributed by atoms with E-state index in [1.54, 1.807) is 34.1 Å². The molecule has 0 bridgehead atoms. The van der Waals surface area contributed by atoms with E-state index in [4.69, 9.17) is 16.0 Å². The molecule has 9 heteroatoms. The zero-order valence-electron chi connectivity index (χ0n) is 13.0. The van der Waals surface area contributed by atoms with Gasteiger partial charge in [-0.05, 0) is 19.1 Å². The van der Waals surface area contributed by atoms with E-state index in [2.05, 4.69) is 15.3 Å². The molecule has 4 rings (SSSR count). The van der Waals surface area contributed by atoms with Crippen molar-refractivity contribution >= 4 is 17.5 Å². The Morgan fingerprint density at radius 3 is 3.00 bits per heavy atom. The first kappa shape index (κ1) is 14.9. The maximum absolute atomic E-state index is 12.6. The van der Waals surface area contributed by atoms with E-state index in [-0.39, 0.29) is 5.91 Å². The number of rotatable bonds is 3. The molecule has 0 atom stereocenters. The SMILES string of the molecule is Cc1nnc2n1CCN(C(=O)c1ccc(Cn3cc(Cl)cn3)o1)C2. The fraction of sp³-hybridized carbons (Fsp3) is 0.333. The van der Waals surface area contributed by atoms with Crippen LogP contribution in [0.4, 0.5) is 0 Å². The molecule has 0 radical (unpaired) electrons. The maximum Gasteiger partial charge on any atom is 0.290 e. The molecule has 24 heavy (non-hydrogen) atoms. The van der Waals surface area contributed by atoms with Gasteiger partial charge in [-0.1, -0.05) is 11.6 Å². The van der Waals surface area contributed by atoms with Crippen LogP contribution in [0.5, 0.6) is 0 Å². The Balaban J connectivity index is 1.47. The van der Waals surface area contributed by atoms with E-state index < -0.39 is 0 Å². The lowest BCUT2D eigenvalue weighted by atomic mass is 10.3. The van der Waals surface area contributed by atoms with Gasteiger partial charge in [0.1, 0.15) is 11.6 Å². The predicted molar refractivity (Wildman–Crippen MR) is 84.5 cm³/mol. The van der Waals surface area contributed by atoms with Crippen LogP contribution in [-0.2, 0) is 19.6 Å². The first-order valence-electron chi connectivity index (χ1n) is 7.55. The highest BCUT2D eigenvalue weighted by Gasteiger charge is 2.26. The molecule has 0 aromatic carbocycles. The Labute approximate surface area is 142 Å². The minimum absolute atomic E-state index is 0.147. The van der Waals surface area contributed by atoms with E-state index in [1.165, 1.54) is 0 Å². The highest BCUT2D eigenvalue weighted by molar-refractivity contribution is 6.30. The summed E-state index contributed by atoms with van der Waals surface area (Å²) in [6.45, 7) is 4.07. The lowest BCUT2D eigenvalue weighted by molar-refractivity contribution is 0.0672. The highest BCUT2D eigenvalue weighted by atomic mass is 35.5. The van der Waals surface area contributed by atoms with Crippen LogP contribution < -0.4 is 0 Å². The number of aryl methyl sites for hydroxylation is 1. The molecule has 0 N–H and O–H groups in total. The molecule has 1 aliphatic heterocycles. The van der Waals surface area contributed by atoms with Crippen molar-refractivity contribution in [2.45, 2.75) is 26.6 Å². The summed E-state index contributed by atoms with van der Waals surface area (Å²) in [6, 6.07) is 3.47. The molecule has 0 saturated carbocycles. The standard InChI is InChI=1S/C15H15ClN6O2/c1-10-18-19-14-9-20(4-5-22(10)14)15(23)13-3-2-12(24-13)8-21-7-11(16)6-17-21/h2-3,6-7H,4-5,8-9H2,1H3. The van der Waals surface area contributed by atoms with Crippen molar-refractivity contribution in [1.29, 1.82) is 0 Å². The molecule has 3 aromatic heterocycles. The lowest BCUT2D eigenvalue weighted by Gasteiger charge is -2.26. The molecule has 0 fully saturated rings. The number of hydrogen-bond donors (Lipinski definition) is 0. The van der Waals surface area contributed by atoms with Gasteiger partial charge in [-0.15, -0.1) is 10.2 Å². The summed E-state index contributed by atoms with van der Waals surface area (Å²) >= 11 is 5.84. The summed E-state index contributed by atoms with van der Waals surface area (Å²) in [5, 5.41) is 12.8. The second kappa shape index (κ2) is 5.79. The number of aromatic nitrogens is 5. The molecule has 0 aliphatic carbocycles. The molecule has 0 unspecified atom stereocenters. The number of amides is 1. The van der Waals surface area contributed by atoms with Crippen LogP contribution in [0.3, 0.4) is 0 Å². The third-order valence-corrected chi connectivity index (χ3v) is 4.21. The van der Waals surface area contributed by atoms with Gasteiger partial charge in [0.25, 0.3) is 5.91 Å². The predicted octanol–water partition coefficient (Wildman–Crippen LogP) is 1.73. The number of nitrogens with zero attached hydrogens (tertiary/aromatic N) is 6. The molecular weight excluding hydrogens is 332 g/mol. The quantitative estimate of drug-likeness (QED) is 0.721. The van der Waals surface area contributed by atoms with Gasteiger partial charge >= 0.3 is 0 Å². The van der Waals surface area contributed by atoms with Gasteiger partial charge in [-0.3, -0.25) is 9.48 Å². The summed E-state index contributed by atoms with van der Waals surface area (Å²) in [4.78, 5) is 14.3. The smallest absolute Gasteiger partial charge is 0.290 e. The Morgan fingerprint density at radius 1 is 1.33 bits per heavy atom. The van der Waals surface area contributed by atoms with E-state index >= 15 is 0 Å². The van der Waals surface area contributed by atoms with Crippen molar-refractivity contribution in [3.63, 3.8) is 0 Å². The van der Waals surface area contributed by atoms with Crippen LogP contribution >= 0.6 is 11.6 Å². The van der Waals surface area contributed by atoms with E-state index in [1.807, 2.05) is 11.5 Å². The third-order valence-electron chi connectivity index (χ3n) is 4.02. The van der Waals surface area contributed by atoms with E-state index in [0.717, 1.165) is 11.6 Å². The van der Waals surface area contributed by atoms with Crippen molar-refractivity contribution < 1.29 is 9.21 Å².